The van der Waals surface area contributed by atoms with E-state index in [9.17, 15) is 9.90 Å². The lowest BCUT2D eigenvalue weighted by molar-refractivity contribution is -0.117. The molecule has 0 spiro atoms. The van der Waals surface area contributed by atoms with Gasteiger partial charge in [0.25, 0.3) is 0 Å². The molecule has 140 valence electrons. The van der Waals surface area contributed by atoms with Crippen LogP contribution in [-0.4, -0.2) is 23.2 Å². The maximum absolute atomic E-state index is 11.7. The quantitative estimate of drug-likeness (QED) is 0.280. The van der Waals surface area contributed by atoms with E-state index < -0.39 is 5.60 Å². The van der Waals surface area contributed by atoms with Crippen LogP contribution in [0.3, 0.4) is 0 Å². The van der Waals surface area contributed by atoms with Crippen molar-refractivity contribution < 1.29 is 9.90 Å². The first-order chi connectivity index (χ1) is 12.1. The molecule has 25 heavy (non-hydrogen) atoms. The van der Waals surface area contributed by atoms with Crippen LogP contribution in [0.5, 0.6) is 0 Å². The van der Waals surface area contributed by atoms with Crippen LogP contribution >= 0.6 is 0 Å². The summed E-state index contributed by atoms with van der Waals surface area (Å²) < 4.78 is 0. The summed E-state index contributed by atoms with van der Waals surface area (Å²) in [5, 5.41) is 12.8. The van der Waals surface area contributed by atoms with E-state index in [2.05, 4.69) is 30.5 Å². The van der Waals surface area contributed by atoms with Crippen molar-refractivity contribution in [1.29, 1.82) is 0 Å². The predicted octanol–water partition coefficient (Wildman–Crippen LogP) is 5.02. The highest BCUT2D eigenvalue weighted by molar-refractivity contribution is 5.87. The minimum Gasteiger partial charge on any atom is -0.388 e. The highest BCUT2D eigenvalue weighted by Crippen LogP contribution is 2.12. The third kappa shape index (κ3) is 14.2. The lowest BCUT2D eigenvalue weighted by Crippen LogP contribution is -2.41. The normalized spacial score (nSPS) is 13.3. The Labute approximate surface area is 153 Å². The lowest BCUT2D eigenvalue weighted by atomic mass is 9.98. The Kier molecular flexibility index (Phi) is 14.5. The summed E-state index contributed by atoms with van der Waals surface area (Å²) in [5.74, 6) is -0.148. The Bertz CT molecular complexity index is 480. The first kappa shape index (κ1) is 23.1. The van der Waals surface area contributed by atoms with E-state index >= 15 is 0 Å². The van der Waals surface area contributed by atoms with Gasteiger partial charge in [-0.15, -0.1) is 0 Å². The predicted molar refractivity (Wildman–Crippen MR) is 108 cm³/mol. The van der Waals surface area contributed by atoms with Crippen molar-refractivity contribution in [3.63, 3.8) is 0 Å². The highest BCUT2D eigenvalue weighted by Gasteiger charge is 2.21. The molecule has 0 atom stereocenters. The SMILES string of the molecule is CCCC=CC=CC=CC=CCCC=CC(=O)NCC(O)(CC)CC. The van der Waals surface area contributed by atoms with Crippen LogP contribution in [0.2, 0.25) is 0 Å². The molecule has 0 aliphatic carbocycles. The average molecular weight is 346 g/mol. The maximum Gasteiger partial charge on any atom is 0.243 e. The molecule has 3 nitrogen and oxygen atoms in total. The lowest BCUT2D eigenvalue weighted by Gasteiger charge is -2.24. The van der Waals surface area contributed by atoms with E-state index in [1.807, 2.05) is 50.3 Å². The van der Waals surface area contributed by atoms with Crippen LogP contribution in [0.1, 0.15) is 59.3 Å². The molecular formula is C22H35NO2. The number of nitrogens with one attached hydrogen (secondary N) is 1. The molecule has 0 aromatic carbocycles. The highest BCUT2D eigenvalue weighted by atomic mass is 16.3. The largest absolute Gasteiger partial charge is 0.388 e. The van der Waals surface area contributed by atoms with Gasteiger partial charge in [0.05, 0.1) is 5.60 Å². The van der Waals surface area contributed by atoms with Gasteiger partial charge in [-0.3, -0.25) is 4.79 Å². The summed E-state index contributed by atoms with van der Waals surface area (Å²) in [4.78, 5) is 11.7. The molecule has 3 heteroatoms. The topological polar surface area (TPSA) is 49.3 Å². The van der Waals surface area contributed by atoms with Crippen molar-refractivity contribution in [2.45, 2.75) is 64.9 Å². The smallest absolute Gasteiger partial charge is 0.243 e. The molecule has 0 aromatic heterocycles. The molecule has 0 fully saturated rings. The molecule has 0 saturated heterocycles. The van der Waals surface area contributed by atoms with Crippen molar-refractivity contribution in [3.8, 4) is 0 Å². The number of aliphatic hydroxyl groups is 1. The molecule has 0 radical (unpaired) electrons. The number of allylic oxidation sites excluding steroid dienone is 9. The van der Waals surface area contributed by atoms with E-state index in [-0.39, 0.29) is 5.91 Å². The van der Waals surface area contributed by atoms with Gasteiger partial charge < -0.3 is 10.4 Å². The Balaban J connectivity index is 3.85. The zero-order chi connectivity index (χ0) is 18.8. The Morgan fingerprint density at radius 1 is 0.840 bits per heavy atom. The van der Waals surface area contributed by atoms with Crippen LogP contribution in [0.25, 0.3) is 0 Å². The molecule has 0 bridgehead atoms. The fourth-order valence-corrected chi connectivity index (χ4v) is 1.97. The van der Waals surface area contributed by atoms with Crippen LogP contribution < -0.4 is 5.32 Å². The monoisotopic (exact) mass is 345 g/mol. The number of hydrogen-bond acceptors (Lipinski definition) is 2. The molecule has 0 aromatic rings. The van der Waals surface area contributed by atoms with Gasteiger partial charge >= 0.3 is 0 Å². The molecule has 0 aliphatic rings. The molecule has 0 heterocycles. The first-order valence-corrected chi connectivity index (χ1v) is 9.39. The zero-order valence-corrected chi connectivity index (χ0v) is 16.1. The van der Waals surface area contributed by atoms with Gasteiger partial charge in [0.15, 0.2) is 0 Å². The number of hydrogen-bond donors (Lipinski definition) is 2. The number of unbranched alkanes of at least 4 members (excludes halogenated alkanes) is 2. The number of carbonyl (C=O) groups excluding carboxylic acids is 1. The second-order valence-corrected chi connectivity index (χ2v) is 6.04. The van der Waals surface area contributed by atoms with E-state index in [0.717, 1.165) is 19.3 Å². The van der Waals surface area contributed by atoms with Crippen LogP contribution in [-0.2, 0) is 4.79 Å². The second kappa shape index (κ2) is 15.6. The van der Waals surface area contributed by atoms with Gasteiger partial charge in [-0.2, -0.15) is 0 Å². The summed E-state index contributed by atoms with van der Waals surface area (Å²) in [6.45, 7) is 6.31. The molecule has 1 amide bonds. The summed E-state index contributed by atoms with van der Waals surface area (Å²) in [6.07, 6.45) is 25.0. The Hall–Kier alpha value is -1.87. The number of carbonyl (C=O) groups is 1. The van der Waals surface area contributed by atoms with E-state index in [1.54, 1.807) is 6.08 Å². The maximum atomic E-state index is 11.7. The zero-order valence-electron chi connectivity index (χ0n) is 16.1. The molecule has 2 N–H and O–H groups in total. The number of rotatable bonds is 13. The van der Waals surface area contributed by atoms with Crippen molar-refractivity contribution in [3.05, 3.63) is 60.8 Å². The first-order valence-electron chi connectivity index (χ1n) is 9.39. The van der Waals surface area contributed by atoms with E-state index in [1.165, 1.54) is 6.42 Å². The van der Waals surface area contributed by atoms with Gasteiger partial charge in [-0.25, -0.2) is 0 Å². The van der Waals surface area contributed by atoms with E-state index in [4.69, 9.17) is 0 Å². The fourth-order valence-electron chi connectivity index (χ4n) is 1.97. The molecule has 0 rings (SSSR count). The number of amides is 1. The van der Waals surface area contributed by atoms with Gasteiger partial charge in [-0.1, -0.05) is 81.9 Å². The van der Waals surface area contributed by atoms with Crippen molar-refractivity contribution in [1.82, 2.24) is 5.32 Å². The molecule has 0 saturated carbocycles. The van der Waals surface area contributed by atoms with Crippen LogP contribution in [0.15, 0.2) is 60.8 Å². The third-order valence-electron chi connectivity index (χ3n) is 3.96. The minimum absolute atomic E-state index is 0.148. The van der Waals surface area contributed by atoms with Gasteiger partial charge in [0, 0.05) is 6.54 Å². The average Bonchev–Trinajstić information content (AvgIpc) is 2.63. The van der Waals surface area contributed by atoms with Gasteiger partial charge in [0.2, 0.25) is 5.91 Å². The van der Waals surface area contributed by atoms with Crippen molar-refractivity contribution in [2.24, 2.45) is 0 Å². The third-order valence-corrected chi connectivity index (χ3v) is 3.96. The molecular weight excluding hydrogens is 310 g/mol. The summed E-state index contributed by atoms with van der Waals surface area (Å²) in [6, 6.07) is 0. The van der Waals surface area contributed by atoms with Crippen molar-refractivity contribution in [2.75, 3.05) is 6.54 Å². The standard InChI is InChI=1S/C22H35NO2/c1-4-7-8-9-10-11-12-13-14-15-16-17-18-19-21(24)23-20-22(25,5-2)6-3/h8-15,18-19,25H,4-7,16-17,20H2,1-3H3,(H,23,24). The van der Waals surface area contributed by atoms with Crippen LogP contribution in [0.4, 0.5) is 0 Å². The Morgan fingerprint density at radius 3 is 1.92 bits per heavy atom. The van der Waals surface area contributed by atoms with Gasteiger partial charge in [0.1, 0.15) is 0 Å². The Morgan fingerprint density at radius 2 is 1.36 bits per heavy atom. The summed E-state index contributed by atoms with van der Waals surface area (Å²) in [5.41, 5.74) is -0.793. The summed E-state index contributed by atoms with van der Waals surface area (Å²) >= 11 is 0. The fraction of sp³-hybridized carbons (Fsp3) is 0.500. The summed E-state index contributed by atoms with van der Waals surface area (Å²) in [7, 11) is 0. The molecule has 0 unspecified atom stereocenters. The van der Waals surface area contributed by atoms with Gasteiger partial charge in [-0.05, 0) is 38.2 Å². The van der Waals surface area contributed by atoms with E-state index in [0.29, 0.717) is 19.4 Å². The second-order valence-electron chi connectivity index (χ2n) is 6.04. The molecule has 0 aliphatic heterocycles. The minimum atomic E-state index is -0.793. The van der Waals surface area contributed by atoms with Crippen LogP contribution in [0, 0.1) is 0 Å². The van der Waals surface area contributed by atoms with Crippen molar-refractivity contribution >= 4 is 5.91 Å².